The number of hydrogen-bond acceptors (Lipinski definition) is 2. The van der Waals surface area contributed by atoms with Crippen molar-refractivity contribution in [2.24, 2.45) is 5.92 Å². The van der Waals surface area contributed by atoms with E-state index in [4.69, 9.17) is 0 Å². The van der Waals surface area contributed by atoms with Crippen molar-refractivity contribution < 1.29 is 18.3 Å². The zero-order valence-corrected chi connectivity index (χ0v) is 16.4. The molecule has 2 nitrogen and oxygen atoms in total. The number of halogens is 3. The Hall–Kier alpha value is -1.85. The van der Waals surface area contributed by atoms with E-state index in [2.05, 4.69) is 0 Å². The lowest BCUT2D eigenvalue weighted by Gasteiger charge is -2.50. The Morgan fingerprint density at radius 3 is 1.96 bits per heavy atom. The van der Waals surface area contributed by atoms with E-state index in [0.29, 0.717) is 12.8 Å². The molecule has 1 N–H and O–H groups in total. The van der Waals surface area contributed by atoms with Gasteiger partial charge in [0.1, 0.15) is 5.92 Å². The average Bonchev–Trinajstić information content (AvgIpc) is 2.64. The summed E-state index contributed by atoms with van der Waals surface area (Å²) < 4.78 is 42.9. The van der Waals surface area contributed by atoms with Crippen LogP contribution < -0.4 is 0 Å². The topological polar surface area (TPSA) is 23.5 Å². The molecule has 1 saturated carbocycles. The van der Waals surface area contributed by atoms with Gasteiger partial charge in [0, 0.05) is 12.0 Å². The molecule has 0 aliphatic heterocycles. The predicted molar refractivity (Wildman–Crippen MR) is 105 cm³/mol. The zero-order chi connectivity index (χ0) is 20.4. The molecule has 0 saturated heterocycles. The Bertz CT molecular complexity index is 747. The molecule has 1 aliphatic rings. The Kier molecular flexibility index (Phi) is 6.15. The van der Waals surface area contributed by atoms with Crippen LogP contribution in [0.2, 0.25) is 0 Å². The molecule has 3 rings (SSSR count). The molecule has 2 aromatic carbocycles. The van der Waals surface area contributed by atoms with Crippen molar-refractivity contribution in [3.63, 3.8) is 0 Å². The molecule has 0 spiro atoms. The third-order valence-corrected chi connectivity index (χ3v) is 6.02. The van der Waals surface area contributed by atoms with Crippen LogP contribution in [0.5, 0.6) is 0 Å². The van der Waals surface area contributed by atoms with Crippen LogP contribution in [-0.2, 0) is 0 Å². The first-order valence-electron chi connectivity index (χ1n) is 9.80. The van der Waals surface area contributed by atoms with Crippen molar-refractivity contribution >= 4 is 0 Å². The minimum Gasteiger partial charge on any atom is -0.389 e. The van der Waals surface area contributed by atoms with Gasteiger partial charge in [0.15, 0.2) is 0 Å². The number of benzene rings is 2. The first-order chi connectivity index (χ1) is 13.2. The predicted octanol–water partition coefficient (Wildman–Crippen LogP) is 5.56. The molecule has 2 aromatic rings. The van der Waals surface area contributed by atoms with Crippen LogP contribution in [0.1, 0.15) is 48.8 Å². The fourth-order valence-electron chi connectivity index (χ4n) is 4.94. The molecule has 4 atom stereocenters. The molecule has 0 amide bonds. The highest BCUT2D eigenvalue weighted by atomic mass is 19.4. The standard InChI is InChI=1S/C23H28F3NO/c1-27(2)20(17-11-5-3-6-12-17)19-15-9-10-16-22(19,28)21(23(24,25)26)18-13-7-4-8-14-18/h3-8,11-14,19-21,28H,9-10,15-16H2,1-2H3. The Balaban J connectivity index is 2.11. The quantitative estimate of drug-likeness (QED) is 0.722. The van der Waals surface area contributed by atoms with Gasteiger partial charge in [-0.2, -0.15) is 13.2 Å². The molecular formula is C23H28F3NO. The summed E-state index contributed by atoms with van der Waals surface area (Å²) in [6.45, 7) is 0. The zero-order valence-electron chi connectivity index (χ0n) is 16.4. The first kappa shape index (κ1) is 20.9. The lowest BCUT2D eigenvalue weighted by Crippen LogP contribution is -2.54. The summed E-state index contributed by atoms with van der Waals surface area (Å²) >= 11 is 0. The van der Waals surface area contributed by atoms with Crippen LogP contribution in [0.3, 0.4) is 0 Å². The van der Waals surface area contributed by atoms with Gasteiger partial charge in [-0.15, -0.1) is 0 Å². The molecule has 28 heavy (non-hydrogen) atoms. The van der Waals surface area contributed by atoms with Crippen molar-refractivity contribution in [2.45, 2.75) is 49.4 Å². The Morgan fingerprint density at radius 1 is 0.929 bits per heavy atom. The Labute approximate surface area is 165 Å². The monoisotopic (exact) mass is 391 g/mol. The van der Waals surface area contributed by atoms with Crippen LogP contribution in [0, 0.1) is 5.92 Å². The van der Waals surface area contributed by atoms with E-state index in [0.717, 1.165) is 12.0 Å². The van der Waals surface area contributed by atoms with Crippen LogP contribution in [0.25, 0.3) is 0 Å². The minimum absolute atomic E-state index is 0.134. The third-order valence-electron chi connectivity index (χ3n) is 6.02. The maximum atomic E-state index is 14.3. The number of hydrogen-bond donors (Lipinski definition) is 1. The highest BCUT2D eigenvalue weighted by Crippen LogP contribution is 2.54. The van der Waals surface area contributed by atoms with Gasteiger partial charge in [0.2, 0.25) is 0 Å². The summed E-state index contributed by atoms with van der Waals surface area (Å²) in [5, 5.41) is 11.7. The second-order valence-electron chi connectivity index (χ2n) is 8.05. The number of rotatable bonds is 5. The fraction of sp³-hybridized carbons (Fsp3) is 0.478. The molecule has 0 radical (unpaired) electrons. The number of nitrogens with zero attached hydrogens (tertiary/aromatic N) is 1. The summed E-state index contributed by atoms with van der Waals surface area (Å²) in [5.74, 6) is -2.43. The second kappa shape index (κ2) is 8.26. The molecule has 152 valence electrons. The van der Waals surface area contributed by atoms with Gasteiger partial charge in [-0.25, -0.2) is 0 Å². The normalized spacial score (nSPS) is 25.5. The van der Waals surface area contributed by atoms with E-state index in [1.165, 1.54) is 12.1 Å². The van der Waals surface area contributed by atoms with E-state index in [9.17, 15) is 18.3 Å². The average molecular weight is 391 g/mol. The lowest BCUT2D eigenvalue weighted by atomic mass is 9.62. The molecule has 0 heterocycles. The van der Waals surface area contributed by atoms with E-state index < -0.39 is 23.6 Å². The van der Waals surface area contributed by atoms with Crippen molar-refractivity contribution in [2.75, 3.05) is 14.1 Å². The minimum atomic E-state index is -4.53. The molecule has 1 aliphatic carbocycles. The highest BCUT2D eigenvalue weighted by Gasteiger charge is 2.59. The first-order valence-corrected chi connectivity index (χ1v) is 9.80. The van der Waals surface area contributed by atoms with Crippen molar-refractivity contribution in [3.8, 4) is 0 Å². The van der Waals surface area contributed by atoms with Crippen LogP contribution >= 0.6 is 0 Å². The largest absolute Gasteiger partial charge is 0.398 e. The molecule has 1 fully saturated rings. The SMILES string of the molecule is CN(C)C(c1ccccc1)C1CCCCC1(O)C(c1ccccc1)C(F)(F)F. The fourth-order valence-corrected chi connectivity index (χ4v) is 4.94. The van der Waals surface area contributed by atoms with Crippen molar-refractivity contribution in [3.05, 3.63) is 71.8 Å². The molecular weight excluding hydrogens is 363 g/mol. The molecule has 0 bridgehead atoms. The van der Waals surface area contributed by atoms with Crippen LogP contribution in [0.4, 0.5) is 13.2 Å². The third kappa shape index (κ3) is 4.11. The molecule has 5 heteroatoms. The Morgan fingerprint density at radius 2 is 1.46 bits per heavy atom. The van der Waals surface area contributed by atoms with Crippen molar-refractivity contribution in [1.29, 1.82) is 0 Å². The van der Waals surface area contributed by atoms with Gasteiger partial charge in [0.25, 0.3) is 0 Å². The second-order valence-corrected chi connectivity index (χ2v) is 8.05. The van der Waals surface area contributed by atoms with Gasteiger partial charge in [0.05, 0.1) is 5.60 Å². The van der Waals surface area contributed by atoms with E-state index in [1.807, 2.05) is 49.3 Å². The smallest absolute Gasteiger partial charge is 0.389 e. The van der Waals surface area contributed by atoms with E-state index in [-0.39, 0.29) is 18.0 Å². The summed E-state index contributed by atoms with van der Waals surface area (Å²) in [4.78, 5) is 1.94. The summed E-state index contributed by atoms with van der Waals surface area (Å²) in [6.07, 6.45) is -2.40. The van der Waals surface area contributed by atoms with Gasteiger partial charge >= 0.3 is 6.18 Å². The van der Waals surface area contributed by atoms with Gasteiger partial charge in [-0.3, -0.25) is 0 Å². The molecule has 4 unspecified atom stereocenters. The molecule has 0 aromatic heterocycles. The van der Waals surface area contributed by atoms with Gasteiger partial charge < -0.3 is 10.0 Å². The number of aliphatic hydroxyl groups is 1. The van der Waals surface area contributed by atoms with Gasteiger partial charge in [-0.05, 0) is 38.1 Å². The van der Waals surface area contributed by atoms with E-state index in [1.54, 1.807) is 18.2 Å². The van der Waals surface area contributed by atoms with Crippen LogP contribution in [-0.4, -0.2) is 35.9 Å². The maximum absolute atomic E-state index is 14.3. The van der Waals surface area contributed by atoms with Crippen molar-refractivity contribution in [1.82, 2.24) is 4.90 Å². The van der Waals surface area contributed by atoms with Gasteiger partial charge in [-0.1, -0.05) is 73.5 Å². The summed E-state index contributed by atoms with van der Waals surface area (Å²) in [7, 11) is 3.75. The highest BCUT2D eigenvalue weighted by molar-refractivity contribution is 5.28. The van der Waals surface area contributed by atoms with E-state index >= 15 is 0 Å². The number of alkyl halides is 3. The lowest BCUT2D eigenvalue weighted by molar-refractivity contribution is -0.221. The maximum Gasteiger partial charge on any atom is 0.398 e. The summed E-state index contributed by atoms with van der Waals surface area (Å²) in [5.41, 5.74) is -0.787. The summed E-state index contributed by atoms with van der Waals surface area (Å²) in [6, 6.07) is 17.1. The van der Waals surface area contributed by atoms with Crippen LogP contribution in [0.15, 0.2) is 60.7 Å².